The zero-order valence-corrected chi connectivity index (χ0v) is 13.3. The molecule has 2 aromatic carbocycles. The second kappa shape index (κ2) is 6.31. The van der Waals surface area contributed by atoms with Crippen molar-refractivity contribution < 1.29 is 9.84 Å². The first kappa shape index (κ1) is 15.6. The lowest BCUT2D eigenvalue weighted by atomic mass is 9.89. The highest BCUT2D eigenvalue weighted by atomic mass is 16.5. The van der Waals surface area contributed by atoms with E-state index in [1.54, 1.807) is 7.11 Å². The van der Waals surface area contributed by atoms with E-state index in [0.717, 1.165) is 11.3 Å². The largest absolute Gasteiger partial charge is 0.497 e. The number of hydrogen-bond donors (Lipinski definition) is 1. The van der Waals surface area contributed by atoms with E-state index in [-0.39, 0.29) is 0 Å². The third kappa shape index (κ3) is 4.61. The monoisotopic (exact) mass is 284 g/mol. The molecule has 0 bridgehead atoms. The van der Waals surface area contributed by atoms with Gasteiger partial charge in [-0.2, -0.15) is 0 Å². The maximum atomic E-state index is 10.7. The molecule has 0 radical (unpaired) electrons. The van der Waals surface area contributed by atoms with Gasteiger partial charge in [0.2, 0.25) is 0 Å². The van der Waals surface area contributed by atoms with Crippen LogP contribution in [0.5, 0.6) is 5.75 Å². The normalized spacial score (nSPS) is 13.8. The molecule has 0 aromatic heterocycles. The molecule has 1 N–H and O–H groups in total. The Labute approximate surface area is 127 Å². The van der Waals surface area contributed by atoms with E-state index >= 15 is 0 Å². The summed E-state index contributed by atoms with van der Waals surface area (Å²) in [6.45, 7) is 6.08. The first-order chi connectivity index (χ1) is 9.88. The van der Waals surface area contributed by atoms with Crippen LogP contribution in [0.1, 0.15) is 29.2 Å². The van der Waals surface area contributed by atoms with Crippen LogP contribution in [-0.2, 0) is 12.8 Å². The van der Waals surface area contributed by atoms with Gasteiger partial charge in [0.05, 0.1) is 12.7 Å². The van der Waals surface area contributed by atoms with E-state index in [1.807, 2.05) is 31.2 Å². The number of hydrogen-bond acceptors (Lipinski definition) is 2. The maximum absolute atomic E-state index is 10.7. The Bertz CT molecular complexity index is 577. The van der Waals surface area contributed by atoms with Crippen LogP contribution >= 0.6 is 0 Å². The number of benzene rings is 2. The molecule has 2 aromatic rings. The molecule has 0 heterocycles. The summed E-state index contributed by atoms with van der Waals surface area (Å²) in [7, 11) is 1.66. The molecule has 0 saturated carbocycles. The van der Waals surface area contributed by atoms with Crippen molar-refractivity contribution in [3.8, 4) is 5.75 Å². The lowest BCUT2D eigenvalue weighted by Crippen LogP contribution is -2.30. The molecule has 0 amide bonds. The first-order valence-electron chi connectivity index (χ1n) is 7.30. The van der Waals surface area contributed by atoms with Crippen molar-refractivity contribution in [2.75, 3.05) is 7.11 Å². The van der Waals surface area contributed by atoms with Gasteiger partial charge in [-0.25, -0.2) is 0 Å². The van der Waals surface area contributed by atoms with Crippen molar-refractivity contribution in [3.63, 3.8) is 0 Å². The summed E-state index contributed by atoms with van der Waals surface area (Å²) in [6.07, 6.45) is 1.28. The summed E-state index contributed by atoms with van der Waals surface area (Å²) < 4.78 is 5.16. The summed E-state index contributed by atoms with van der Waals surface area (Å²) >= 11 is 0. The van der Waals surface area contributed by atoms with Gasteiger partial charge in [0.15, 0.2) is 0 Å². The molecule has 2 rings (SSSR count). The average molecular weight is 284 g/mol. The Morgan fingerprint density at radius 2 is 1.43 bits per heavy atom. The highest BCUT2D eigenvalue weighted by molar-refractivity contribution is 5.31. The SMILES string of the molecule is COc1ccc(CC(C)(O)Cc2cc(C)cc(C)c2)cc1. The molecular formula is C19H24O2. The molecule has 1 atom stereocenters. The van der Waals surface area contributed by atoms with E-state index in [4.69, 9.17) is 4.74 Å². The molecule has 0 saturated heterocycles. The van der Waals surface area contributed by atoms with Gasteiger partial charge in [0, 0.05) is 12.8 Å². The Hall–Kier alpha value is -1.80. The smallest absolute Gasteiger partial charge is 0.118 e. The Balaban J connectivity index is 2.09. The van der Waals surface area contributed by atoms with E-state index in [1.165, 1.54) is 16.7 Å². The Morgan fingerprint density at radius 3 is 1.95 bits per heavy atom. The van der Waals surface area contributed by atoms with E-state index < -0.39 is 5.60 Å². The number of aliphatic hydroxyl groups is 1. The van der Waals surface area contributed by atoms with Crippen LogP contribution in [0.2, 0.25) is 0 Å². The number of aryl methyl sites for hydroxylation is 2. The Morgan fingerprint density at radius 1 is 0.905 bits per heavy atom. The minimum Gasteiger partial charge on any atom is -0.497 e. The van der Waals surface area contributed by atoms with E-state index in [0.29, 0.717) is 12.8 Å². The van der Waals surface area contributed by atoms with Crippen molar-refractivity contribution in [1.29, 1.82) is 0 Å². The lowest BCUT2D eigenvalue weighted by molar-refractivity contribution is 0.0608. The predicted octanol–water partition coefficient (Wildman–Crippen LogP) is 3.85. The van der Waals surface area contributed by atoms with Gasteiger partial charge < -0.3 is 9.84 Å². The summed E-state index contributed by atoms with van der Waals surface area (Å²) in [6, 6.07) is 14.3. The third-order valence-corrected chi connectivity index (χ3v) is 3.61. The van der Waals surface area contributed by atoms with E-state index in [2.05, 4.69) is 32.0 Å². The van der Waals surface area contributed by atoms with Gasteiger partial charge in [0.1, 0.15) is 5.75 Å². The topological polar surface area (TPSA) is 29.5 Å². The maximum Gasteiger partial charge on any atom is 0.118 e. The highest BCUT2D eigenvalue weighted by Gasteiger charge is 2.21. The second-order valence-electron chi connectivity index (χ2n) is 6.19. The van der Waals surface area contributed by atoms with Crippen LogP contribution in [-0.4, -0.2) is 17.8 Å². The third-order valence-electron chi connectivity index (χ3n) is 3.61. The van der Waals surface area contributed by atoms with Gasteiger partial charge in [0.25, 0.3) is 0 Å². The molecule has 0 fully saturated rings. The summed E-state index contributed by atoms with van der Waals surface area (Å²) in [5, 5.41) is 10.7. The van der Waals surface area contributed by atoms with Crippen molar-refractivity contribution in [3.05, 3.63) is 64.7 Å². The number of ether oxygens (including phenoxy) is 1. The van der Waals surface area contributed by atoms with Gasteiger partial charge in [-0.1, -0.05) is 41.5 Å². The number of methoxy groups -OCH3 is 1. The average Bonchev–Trinajstić information content (AvgIpc) is 2.37. The van der Waals surface area contributed by atoms with Crippen molar-refractivity contribution in [1.82, 2.24) is 0 Å². The summed E-state index contributed by atoms with van der Waals surface area (Å²) in [5.74, 6) is 0.840. The minimum absolute atomic E-state index is 0.629. The van der Waals surface area contributed by atoms with Crippen molar-refractivity contribution in [2.45, 2.75) is 39.2 Å². The molecule has 112 valence electrons. The molecule has 2 nitrogen and oxygen atoms in total. The van der Waals surface area contributed by atoms with Crippen LogP contribution in [0, 0.1) is 13.8 Å². The van der Waals surface area contributed by atoms with Gasteiger partial charge in [-0.3, -0.25) is 0 Å². The molecule has 0 spiro atoms. The molecule has 2 heteroatoms. The first-order valence-corrected chi connectivity index (χ1v) is 7.30. The van der Waals surface area contributed by atoms with Gasteiger partial charge >= 0.3 is 0 Å². The summed E-state index contributed by atoms with van der Waals surface area (Å²) in [4.78, 5) is 0. The highest BCUT2D eigenvalue weighted by Crippen LogP contribution is 2.22. The standard InChI is InChI=1S/C19H24O2/c1-14-9-15(2)11-17(10-14)13-19(3,20)12-16-5-7-18(21-4)8-6-16/h5-11,20H,12-13H2,1-4H3. The zero-order chi connectivity index (χ0) is 15.5. The molecule has 0 aliphatic rings. The van der Waals surface area contributed by atoms with Crippen molar-refractivity contribution in [2.24, 2.45) is 0 Å². The van der Waals surface area contributed by atoms with Crippen LogP contribution in [0.15, 0.2) is 42.5 Å². The summed E-state index contributed by atoms with van der Waals surface area (Å²) in [5.41, 5.74) is 4.03. The van der Waals surface area contributed by atoms with E-state index in [9.17, 15) is 5.11 Å². The molecular weight excluding hydrogens is 260 g/mol. The second-order valence-corrected chi connectivity index (χ2v) is 6.19. The molecule has 0 aliphatic heterocycles. The van der Waals surface area contributed by atoms with Crippen LogP contribution in [0.3, 0.4) is 0 Å². The van der Waals surface area contributed by atoms with Gasteiger partial charge in [-0.05, 0) is 44.0 Å². The lowest BCUT2D eigenvalue weighted by Gasteiger charge is -2.24. The fourth-order valence-electron chi connectivity index (χ4n) is 2.86. The minimum atomic E-state index is -0.755. The fourth-order valence-corrected chi connectivity index (χ4v) is 2.86. The van der Waals surface area contributed by atoms with Crippen LogP contribution < -0.4 is 4.74 Å². The van der Waals surface area contributed by atoms with Crippen LogP contribution in [0.25, 0.3) is 0 Å². The zero-order valence-electron chi connectivity index (χ0n) is 13.3. The van der Waals surface area contributed by atoms with Gasteiger partial charge in [-0.15, -0.1) is 0 Å². The quantitative estimate of drug-likeness (QED) is 0.903. The predicted molar refractivity (Wildman–Crippen MR) is 86.9 cm³/mol. The molecule has 1 unspecified atom stereocenters. The molecule has 0 aliphatic carbocycles. The molecule has 21 heavy (non-hydrogen) atoms. The fraction of sp³-hybridized carbons (Fsp3) is 0.368. The number of rotatable bonds is 5. The van der Waals surface area contributed by atoms with Crippen LogP contribution in [0.4, 0.5) is 0 Å². The van der Waals surface area contributed by atoms with Crippen molar-refractivity contribution >= 4 is 0 Å². The Kier molecular flexibility index (Phi) is 4.69.